The summed E-state index contributed by atoms with van der Waals surface area (Å²) in [5.41, 5.74) is 2.12. The number of fused-ring (bicyclic) bond motifs is 1. The van der Waals surface area contributed by atoms with Gasteiger partial charge < -0.3 is 19.0 Å². The number of nitrogens with zero attached hydrogens (tertiary/aromatic N) is 3. The third-order valence-electron chi connectivity index (χ3n) is 4.91. The summed E-state index contributed by atoms with van der Waals surface area (Å²) < 4.78 is 13.5. The molecule has 1 aliphatic rings. The van der Waals surface area contributed by atoms with Crippen molar-refractivity contribution in [3.8, 4) is 0 Å². The predicted molar refractivity (Wildman–Crippen MR) is 109 cm³/mol. The molecule has 1 aromatic carbocycles. The molecule has 0 bridgehead atoms. The van der Waals surface area contributed by atoms with E-state index in [1.807, 2.05) is 18.2 Å². The number of nitrogens with one attached hydrogen (secondary N) is 1. The van der Waals surface area contributed by atoms with Crippen LogP contribution >= 0.6 is 15.9 Å². The lowest BCUT2D eigenvalue weighted by Crippen LogP contribution is -2.38. The molecule has 0 spiro atoms. The Hall–Kier alpha value is -2.16. The standard InChI is InChI=1S/C20H23BrN4O3/c21-18-6-5-17(28-18)20(26)22-8-7-19-23-15-3-1-2-4-16(15)25(19)10-9-24-11-13-27-14-12-24/h1-6H,7-14H2,(H,22,26). The first kappa shape index (κ1) is 19.2. The maximum atomic E-state index is 12.2. The molecule has 8 heteroatoms. The van der Waals surface area contributed by atoms with Crippen molar-refractivity contribution in [1.82, 2.24) is 19.8 Å². The molecule has 0 atom stereocenters. The largest absolute Gasteiger partial charge is 0.444 e. The number of aromatic nitrogens is 2. The van der Waals surface area contributed by atoms with E-state index in [0.29, 0.717) is 23.4 Å². The van der Waals surface area contributed by atoms with E-state index in [-0.39, 0.29) is 5.91 Å². The smallest absolute Gasteiger partial charge is 0.287 e. The van der Waals surface area contributed by atoms with Gasteiger partial charge in [-0.3, -0.25) is 9.69 Å². The molecule has 0 radical (unpaired) electrons. The monoisotopic (exact) mass is 446 g/mol. The maximum absolute atomic E-state index is 12.2. The summed E-state index contributed by atoms with van der Waals surface area (Å²) in [4.78, 5) is 19.4. The van der Waals surface area contributed by atoms with Gasteiger partial charge in [0.05, 0.1) is 24.2 Å². The zero-order valence-corrected chi connectivity index (χ0v) is 17.2. The SMILES string of the molecule is O=C(NCCc1nc2ccccc2n1CCN1CCOCC1)c1ccc(Br)o1. The Morgan fingerprint density at radius 2 is 1.96 bits per heavy atom. The van der Waals surface area contributed by atoms with Crippen LogP contribution in [0.25, 0.3) is 11.0 Å². The Bertz CT molecular complexity index is 946. The van der Waals surface area contributed by atoms with Gasteiger partial charge in [-0.2, -0.15) is 0 Å². The first-order valence-corrected chi connectivity index (χ1v) is 10.3. The second-order valence-electron chi connectivity index (χ2n) is 6.73. The van der Waals surface area contributed by atoms with E-state index in [0.717, 1.165) is 56.3 Å². The van der Waals surface area contributed by atoms with Gasteiger partial charge in [0.25, 0.3) is 5.91 Å². The number of furan rings is 1. The zero-order chi connectivity index (χ0) is 19.3. The van der Waals surface area contributed by atoms with Gasteiger partial charge in [0.15, 0.2) is 10.4 Å². The van der Waals surface area contributed by atoms with Crippen LogP contribution in [-0.2, 0) is 17.7 Å². The first-order chi connectivity index (χ1) is 13.7. The van der Waals surface area contributed by atoms with Crippen LogP contribution < -0.4 is 5.32 Å². The van der Waals surface area contributed by atoms with Gasteiger partial charge in [-0.25, -0.2) is 4.98 Å². The van der Waals surface area contributed by atoms with Crippen molar-refractivity contribution in [1.29, 1.82) is 0 Å². The van der Waals surface area contributed by atoms with Crippen molar-refractivity contribution >= 4 is 32.9 Å². The fourth-order valence-electron chi connectivity index (χ4n) is 3.44. The molecule has 3 aromatic rings. The minimum atomic E-state index is -0.221. The Morgan fingerprint density at radius 3 is 2.75 bits per heavy atom. The molecule has 0 unspecified atom stereocenters. The first-order valence-electron chi connectivity index (χ1n) is 9.48. The third kappa shape index (κ3) is 4.45. The summed E-state index contributed by atoms with van der Waals surface area (Å²) in [6.45, 7) is 5.86. The highest BCUT2D eigenvalue weighted by Crippen LogP contribution is 2.17. The molecular formula is C20H23BrN4O3. The number of ether oxygens (including phenoxy) is 1. The van der Waals surface area contributed by atoms with E-state index in [1.165, 1.54) is 0 Å². The van der Waals surface area contributed by atoms with E-state index >= 15 is 0 Å². The van der Waals surface area contributed by atoms with Gasteiger partial charge in [0, 0.05) is 39.1 Å². The quantitative estimate of drug-likeness (QED) is 0.603. The number of morpholine rings is 1. The Kier molecular flexibility index (Phi) is 6.09. The van der Waals surface area contributed by atoms with Gasteiger partial charge in [0.2, 0.25) is 0 Å². The Labute approximate surface area is 171 Å². The van der Waals surface area contributed by atoms with Crippen LogP contribution in [0.2, 0.25) is 0 Å². The molecule has 0 aliphatic carbocycles. The summed E-state index contributed by atoms with van der Waals surface area (Å²) >= 11 is 3.21. The Morgan fingerprint density at radius 1 is 1.14 bits per heavy atom. The van der Waals surface area contributed by atoms with Crippen LogP contribution in [0.1, 0.15) is 16.4 Å². The van der Waals surface area contributed by atoms with Gasteiger partial charge in [-0.15, -0.1) is 0 Å². The average Bonchev–Trinajstić information content (AvgIpc) is 3.30. The lowest BCUT2D eigenvalue weighted by molar-refractivity contribution is 0.0364. The summed E-state index contributed by atoms with van der Waals surface area (Å²) in [7, 11) is 0. The molecule has 2 aromatic heterocycles. The Balaban J connectivity index is 1.42. The minimum absolute atomic E-state index is 0.221. The third-order valence-corrected chi connectivity index (χ3v) is 5.33. The van der Waals surface area contributed by atoms with Crippen molar-refractivity contribution in [3.05, 3.63) is 52.7 Å². The fraction of sp³-hybridized carbons (Fsp3) is 0.400. The van der Waals surface area contributed by atoms with Crippen LogP contribution in [0.15, 0.2) is 45.5 Å². The van der Waals surface area contributed by atoms with Crippen molar-refractivity contribution < 1.29 is 13.9 Å². The van der Waals surface area contributed by atoms with Crippen molar-refractivity contribution in [2.45, 2.75) is 13.0 Å². The van der Waals surface area contributed by atoms with Crippen LogP contribution in [-0.4, -0.2) is 59.8 Å². The highest BCUT2D eigenvalue weighted by atomic mass is 79.9. The molecule has 148 valence electrons. The molecular weight excluding hydrogens is 424 g/mol. The van der Waals surface area contributed by atoms with E-state index in [9.17, 15) is 4.79 Å². The number of halogens is 1. The van der Waals surface area contributed by atoms with Crippen LogP contribution in [0, 0.1) is 0 Å². The molecule has 1 N–H and O–H groups in total. The number of para-hydroxylation sites is 2. The number of imidazole rings is 1. The zero-order valence-electron chi connectivity index (χ0n) is 15.6. The van der Waals surface area contributed by atoms with Crippen LogP contribution in [0.5, 0.6) is 0 Å². The molecule has 7 nitrogen and oxygen atoms in total. The lowest BCUT2D eigenvalue weighted by atomic mass is 10.3. The predicted octanol–water partition coefficient (Wildman–Crippen LogP) is 2.70. The number of benzene rings is 1. The van der Waals surface area contributed by atoms with Gasteiger partial charge >= 0.3 is 0 Å². The maximum Gasteiger partial charge on any atom is 0.287 e. The molecule has 1 fully saturated rings. The summed E-state index contributed by atoms with van der Waals surface area (Å²) in [6.07, 6.45) is 0.658. The van der Waals surface area contributed by atoms with E-state index in [1.54, 1.807) is 12.1 Å². The highest BCUT2D eigenvalue weighted by molar-refractivity contribution is 9.10. The highest BCUT2D eigenvalue weighted by Gasteiger charge is 2.15. The number of rotatable bonds is 7. The normalized spacial score (nSPS) is 15.2. The second kappa shape index (κ2) is 8.89. The van der Waals surface area contributed by atoms with E-state index < -0.39 is 0 Å². The lowest BCUT2D eigenvalue weighted by Gasteiger charge is -2.27. The molecule has 3 heterocycles. The number of amides is 1. The van der Waals surface area contributed by atoms with Crippen molar-refractivity contribution in [2.75, 3.05) is 39.4 Å². The van der Waals surface area contributed by atoms with Crippen LogP contribution in [0.4, 0.5) is 0 Å². The number of carbonyl (C=O) groups excluding carboxylic acids is 1. The summed E-state index contributed by atoms with van der Waals surface area (Å²) in [6, 6.07) is 11.5. The number of carbonyl (C=O) groups is 1. The minimum Gasteiger partial charge on any atom is -0.444 e. The van der Waals surface area contributed by atoms with Gasteiger partial charge in [-0.05, 0) is 40.2 Å². The topological polar surface area (TPSA) is 72.5 Å². The van der Waals surface area contributed by atoms with Crippen molar-refractivity contribution in [3.63, 3.8) is 0 Å². The molecule has 28 heavy (non-hydrogen) atoms. The van der Waals surface area contributed by atoms with Crippen molar-refractivity contribution in [2.24, 2.45) is 0 Å². The second-order valence-corrected chi connectivity index (χ2v) is 7.51. The number of hydrogen-bond donors (Lipinski definition) is 1. The molecule has 1 saturated heterocycles. The molecule has 0 saturated carbocycles. The molecule has 4 rings (SSSR count). The summed E-state index contributed by atoms with van der Waals surface area (Å²) in [5.74, 6) is 1.06. The summed E-state index contributed by atoms with van der Waals surface area (Å²) in [5, 5.41) is 2.90. The molecule has 1 aliphatic heterocycles. The average molecular weight is 447 g/mol. The van der Waals surface area contributed by atoms with Gasteiger partial charge in [-0.1, -0.05) is 12.1 Å². The van der Waals surface area contributed by atoms with E-state index in [4.69, 9.17) is 14.1 Å². The van der Waals surface area contributed by atoms with E-state index in [2.05, 4.69) is 36.8 Å². The van der Waals surface area contributed by atoms with Crippen LogP contribution in [0.3, 0.4) is 0 Å². The molecule has 1 amide bonds. The fourth-order valence-corrected chi connectivity index (χ4v) is 3.75. The van der Waals surface area contributed by atoms with Gasteiger partial charge in [0.1, 0.15) is 5.82 Å². The number of hydrogen-bond acceptors (Lipinski definition) is 5.